The van der Waals surface area contributed by atoms with E-state index in [9.17, 15) is 0 Å². The summed E-state index contributed by atoms with van der Waals surface area (Å²) in [5.74, 6) is -0.808. The Morgan fingerprint density at radius 2 is 1.30 bits per heavy atom. The number of halogens is 1. The standard InChI is InChI=1S/C31H20BrN/c32-27-14-6-8-16-30(27)33-28-15-7-5-11-23(28)26-19-20(17-18-29(26)33)31-24-12-3-1-9-21(24)22-10-2-4-13-25(22)31/h1-19,31H/i1D,2D,3D,4D,9D,10D,12D,13D. The third kappa shape index (κ3) is 2.71. The van der Waals surface area contributed by atoms with E-state index in [1.165, 1.54) is 0 Å². The van der Waals surface area contributed by atoms with Crippen LogP contribution in [-0.2, 0) is 0 Å². The molecule has 1 heterocycles. The molecule has 1 nitrogen and oxygen atoms in total. The van der Waals surface area contributed by atoms with Crippen LogP contribution < -0.4 is 0 Å². The van der Waals surface area contributed by atoms with Gasteiger partial charge in [0.05, 0.1) is 27.7 Å². The molecule has 0 atom stereocenters. The molecule has 0 saturated heterocycles. The van der Waals surface area contributed by atoms with Gasteiger partial charge in [0, 0.05) is 21.2 Å². The largest absolute Gasteiger partial charge is 0.308 e. The highest BCUT2D eigenvalue weighted by molar-refractivity contribution is 9.10. The number of para-hydroxylation sites is 2. The molecule has 0 unspecified atom stereocenters. The Morgan fingerprint density at radius 3 is 2.06 bits per heavy atom. The molecule has 156 valence electrons. The van der Waals surface area contributed by atoms with Crippen molar-refractivity contribution in [2.45, 2.75) is 5.92 Å². The van der Waals surface area contributed by atoms with Crippen LogP contribution in [0.15, 0.2) is 120 Å². The minimum Gasteiger partial charge on any atom is -0.308 e. The molecule has 0 amide bonds. The van der Waals surface area contributed by atoms with E-state index in [1.54, 1.807) is 0 Å². The molecular formula is C31H20BrN. The zero-order chi connectivity index (χ0) is 28.9. The Balaban J connectivity index is 1.60. The molecule has 0 N–H and O–H groups in total. The average Bonchev–Trinajstić information content (AvgIpc) is 3.51. The molecule has 0 bridgehead atoms. The fraction of sp³-hybridized carbons (Fsp3) is 0.0323. The molecule has 0 saturated carbocycles. The summed E-state index contributed by atoms with van der Waals surface area (Å²) in [6, 6.07) is 19.1. The van der Waals surface area contributed by atoms with Crippen LogP contribution in [-0.4, -0.2) is 4.57 Å². The molecule has 5 aromatic carbocycles. The third-order valence-corrected chi connectivity index (χ3v) is 7.05. The minimum atomic E-state index is -0.808. The Morgan fingerprint density at radius 1 is 0.667 bits per heavy atom. The fourth-order valence-corrected chi connectivity index (χ4v) is 5.47. The average molecular weight is 494 g/mol. The monoisotopic (exact) mass is 493 g/mol. The summed E-state index contributed by atoms with van der Waals surface area (Å²) in [4.78, 5) is 0. The lowest BCUT2D eigenvalue weighted by molar-refractivity contribution is 1.02. The predicted octanol–water partition coefficient (Wildman–Crippen LogP) is 8.71. The van der Waals surface area contributed by atoms with Crippen molar-refractivity contribution in [2.75, 3.05) is 0 Å². The second-order valence-corrected chi connectivity index (χ2v) is 8.95. The van der Waals surface area contributed by atoms with Gasteiger partial charge in [-0.2, -0.15) is 0 Å². The van der Waals surface area contributed by atoms with Crippen LogP contribution in [0.5, 0.6) is 0 Å². The molecule has 33 heavy (non-hydrogen) atoms. The highest BCUT2D eigenvalue weighted by Gasteiger charge is 2.29. The number of rotatable bonds is 2. The van der Waals surface area contributed by atoms with E-state index in [0.29, 0.717) is 5.56 Å². The summed E-state index contributed by atoms with van der Waals surface area (Å²) >= 11 is 3.68. The van der Waals surface area contributed by atoms with Crippen molar-refractivity contribution in [3.63, 3.8) is 0 Å². The van der Waals surface area contributed by atoms with Crippen LogP contribution in [0.25, 0.3) is 38.6 Å². The van der Waals surface area contributed by atoms with Gasteiger partial charge in [0.1, 0.15) is 0 Å². The molecule has 1 aliphatic rings. The van der Waals surface area contributed by atoms with Gasteiger partial charge in [-0.05, 0) is 74.1 Å². The Hall–Kier alpha value is -3.62. The van der Waals surface area contributed by atoms with Crippen molar-refractivity contribution in [3.05, 3.63) is 136 Å². The SMILES string of the molecule is [2H]c1c([2H])c([2H])c2c(c1[2H])-c1c([2H])c([2H])c([2H])c([2H])c1C2c1ccc2c(c1)c1ccccc1n2-c1ccccc1Br. The molecular weight excluding hydrogens is 466 g/mol. The maximum absolute atomic E-state index is 8.84. The van der Waals surface area contributed by atoms with E-state index in [4.69, 9.17) is 11.0 Å². The van der Waals surface area contributed by atoms with Gasteiger partial charge in [-0.1, -0.05) is 84.7 Å². The van der Waals surface area contributed by atoms with Crippen molar-refractivity contribution in [3.8, 4) is 16.8 Å². The van der Waals surface area contributed by atoms with E-state index in [1.807, 2.05) is 66.7 Å². The summed E-state index contributed by atoms with van der Waals surface area (Å²) in [6.07, 6.45) is 0. The van der Waals surface area contributed by atoms with Gasteiger partial charge < -0.3 is 4.57 Å². The summed E-state index contributed by atoms with van der Waals surface area (Å²) < 4.78 is 71.5. The number of nitrogens with zero attached hydrogens (tertiary/aromatic N) is 1. The Bertz CT molecular complexity index is 2050. The first-order chi connectivity index (χ1) is 19.6. The van der Waals surface area contributed by atoms with Crippen LogP contribution in [0.2, 0.25) is 0 Å². The minimum absolute atomic E-state index is 0.138. The summed E-state index contributed by atoms with van der Waals surface area (Å²) in [5.41, 5.74) is 4.39. The summed E-state index contributed by atoms with van der Waals surface area (Å²) in [7, 11) is 0. The quantitative estimate of drug-likeness (QED) is 0.227. The van der Waals surface area contributed by atoms with Crippen LogP contribution in [0.4, 0.5) is 0 Å². The van der Waals surface area contributed by atoms with Crippen LogP contribution in [0.3, 0.4) is 0 Å². The molecule has 0 radical (unpaired) electrons. The number of benzene rings is 5. The van der Waals surface area contributed by atoms with Crippen LogP contribution in [0.1, 0.15) is 33.6 Å². The second kappa shape index (κ2) is 7.19. The lowest BCUT2D eigenvalue weighted by Crippen LogP contribution is -1.99. The predicted molar refractivity (Wildman–Crippen MR) is 141 cm³/mol. The number of hydrogen-bond donors (Lipinski definition) is 0. The Labute approximate surface area is 212 Å². The van der Waals surface area contributed by atoms with Crippen molar-refractivity contribution >= 4 is 37.7 Å². The summed E-state index contributed by atoms with van der Waals surface area (Å²) in [6.45, 7) is 0. The molecule has 7 rings (SSSR count). The molecule has 0 fully saturated rings. The van der Waals surface area contributed by atoms with Gasteiger partial charge in [0.25, 0.3) is 0 Å². The molecule has 1 aromatic heterocycles. The normalized spacial score (nSPS) is 16.3. The Kier molecular flexibility index (Phi) is 2.74. The van der Waals surface area contributed by atoms with Gasteiger partial charge >= 0.3 is 0 Å². The van der Waals surface area contributed by atoms with Gasteiger partial charge in [0.15, 0.2) is 0 Å². The maximum atomic E-state index is 8.84. The van der Waals surface area contributed by atoms with Gasteiger partial charge in [-0.3, -0.25) is 0 Å². The van der Waals surface area contributed by atoms with E-state index in [2.05, 4.69) is 20.5 Å². The molecule has 0 spiro atoms. The van der Waals surface area contributed by atoms with E-state index in [0.717, 1.165) is 32.0 Å². The maximum Gasteiger partial charge on any atom is 0.0629 e. The highest BCUT2D eigenvalue weighted by Crippen LogP contribution is 2.48. The fourth-order valence-electron chi connectivity index (χ4n) is 5.01. The van der Waals surface area contributed by atoms with Crippen molar-refractivity contribution in [1.82, 2.24) is 4.57 Å². The highest BCUT2D eigenvalue weighted by atomic mass is 79.9. The molecule has 2 heteroatoms. The second-order valence-electron chi connectivity index (χ2n) is 8.09. The van der Waals surface area contributed by atoms with Gasteiger partial charge in [-0.25, -0.2) is 0 Å². The number of aromatic nitrogens is 1. The third-order valence-electron chi connectivity index (χ3n) is 6.38. The van der Waals surface area contributed by atoms with Crippen LogP contribution in [0, 0.1) is 0 Å². The number of fused-ring (bicyclic) bond motifs is 6. The van der Waals surface area contributed by atoms with Crippen molar-refractivity contribution < 1.29 is 11.0 Å². The summed E-state index contributed by atoms with van der Waals surface area (Å²) in [5, 5.41) is 1.91. The lowest BCUT2D eigenvalue weighted by Gasteiger charge is -2.15. The zero-order valence-electron chi connectivity index (χ0n) is 25.3. The van der Waals surface area contributed by atoms with Crippen LogP contribution >= 0.6 is 15.9 Å². The molecule has 0 aliphatic heterocycles. The van der Waals surface area contributed by atoms with E-state index < -0.39 is 30.1 Å². The van der Waals surface area contributed by atoms with Crippen molar-refractivity contribution in [1.29, 1.82) is 0 Å². The topological polar surface area (TPSA) is 4.93 Å². The zero-order valence-corrected chi connectivity index (χ0v) is 18.8. The van der Waals surface area contributed by atoms with Gasteiger partial charge in [-0.15, -0.1) is 0 Å². The first-order valence-corrected chi connectivity index (χ1v) is 11.4. The first-order valence-electron chi connectivity index (χ1n) is 14.6. The lowest BCUT2D eigenvalue weighted by atomic mass is 9.88. The van der Waals surface area contributed by atoms with E-state index >= 15 is 0 Å². The number of hydrogen-bond acceptors (Lipinski definition) is 0. The first kappa shape index (κ1) is 12.6. The van der Waals surface area contributed by atoms with Crippen molar-refractivity contribution in [2.24, 2.45) is 0 Å². The molecule has 6 aromatic rings. The van der Waals surface area contributed by atoms with Gasteiger partial charge in [0.2, 0.25) is 0 Å². The molecule has 1 aliphatic carbocycles. The van der Waals surface area contributed by atoms with E-state index in [-0.39, 0.29) is 46.4 Å². The smallest absolute Gasteiger partial charge is 0.0629 e.